The fourth-order valence-corrected chi connectivity index (χ4v) is 6.18. The standard InChI is InChI=1S/C23H29FN2O.H2/c1-16(27)13-26-15-23(21-12-20(24)4-5-22(21)26)6-8-25(9-7-23)14-19-11-17-2-3-18(19)10-17;/h2-5,12,17-19H,6-11,13-15H2,1H3;1H/t17-,18?,19+;/m0./s1. The molecule has 0 amide bonds. The molecule has 0 N–H and O–H groups in total. The molecular weight excluding hydrogens is 339 g/mol. The van der Waals surface area contributed by atoms with Crippen LogP contribution < -0.4 is 4.90 Å². The average molecular weight is 371 g/mol. The first kappa shape index (κ1) is 17.4. The zero-order valence-corrected chi connectivity index (χ0v) is 16.2. The van der Waals surface area contributed by atoms with Gasteiger partial charge in [0.05, 0.1) is 6.54 Å². The van der Waals surface area contributed by atoms with Gasteiger partial charge in [0.15, 0.2) is 0 Å². The second-order valence-corrected chi connectivity index (χ2v) is 9.34. The average Bonchev–Trinajstić information content (AvgIpc) is 3.31. The van der Waals surface area contributed by atoms with Gasteiger partial charge in [-0.05, 0) is 87.2 Å². The minimum absolute atomic E-state index is 0. The van der Waals surface area contributed by atoms with Crippen LogP contribution in [-0.2, 0) is 10.2 Å². The lowest BCUT2D eigenvalue weighted by Gasteiger charge is -2.41. The van der Waals surface area contributed by atoms with Crippen molar-refractivity contribution < 1.29 is 10.6 Å². The number of rotatable bonds is 4. The number of nitrogens with zero attached hydrogens (tertiary/aromatic N) is 2. The van der Waals surface area contributed by atoms with Crippen molar-refractivity contribution >= 4 is 11.5 Å². The van der Waals surface area contributed by atoms with Gasteiger partial charge < -0.3 is 9.80 Å². The van der Waals surface area contributed by atoms with Crippen LogP contribution in [0.3, 0.4) is 0 Å². The number of piperidine rings is 1. The summed E-state index contributed by atoms with van der Waals surface area (Å²) >= 11 is 0. The molecule has 2 aliphatic heterocycles. The normalized spacial score (nSPS) is 31.0. The number of hydrogen-bond acceptors (Lipinski definition) is 3. The van der Waals surface area contributed by atoms with Gasteiger partial charge in [-0.25, -0.2) is 4.39 Å². The number of ketones is 1. The molecule has 146 valence electrons. The summed E-state index contributed by atoms with van der Waals surface area (Å²) in [7, 11) is 0. The van der Waals surface area contributed by atoms with Crippen molar-refractivity contribution in [3.63, 3.8) is 0 Å². The maximum Gasteiger partial charge on any atom is 0.149 e. The number of likely N-dealkylation sites (tertiary alicyclic amines) is 1. The SMILES string of the molecule is CC(=O)CN1CC2(CCN(C[C@H]3C[C@H]4C=CC3C4)CC2)c2cc(F)ccc21.[HH]. The summed E-state index contributed by atoms with van der Waals surface area (Å²) in [6.45, 7) is 6.32. The van der Waals surface area contributed by atoms with E-state index in [0.29, 0.717) is 6.54 Å². The minimum atomic E-state index is -0.158. The van der Waals surface area contributed by atoms with Gasteiger partial charge in [0.1, 0.15) is 11.6 Å². The lowest BCUT2D eigenvalue weighted by molar-refractivity contribution is -0.115. The van der Waals surface area contributed by atoms with Crippen LogP contribution in [0.5, 0.6) is 0 Å². The van der Waals surface area contributed by atoms with Crippen LogP contribution in [-0.4, -0.2) is 43.4 Å². The lowest BCUT2D eigenvalue weighted by atomic mass is 9.74. The van der Waals surface area contributed by atoms with Crippen molar-refractivity contribution in [3.8, 4) is 0 Å². The third-order valence-corrected chi connectivity index (χ3v) is 7.50. The molecule has 3 atom stereocenters. The lowest BCUT2D eigenvalue weighted by Crippen LogP contribution is -2.47. The number of benzene rings is 1. The first-order chi connectivity index (χ1) is 13.0. The van der Waals surface area contributed by atoms with Crippen LogP contribution >= 0.6 is 0 Å². The van der Waals surface area contributed by atoms with E-state index in [1.807, 2.05) is 6.07 Å². The van der Waals surface area contributed by atoms with Gasteiger partial charge in [0.25, 0.3) is 0 Å². The third kappa shape index (κ3) is 3.02. The van der Waals surface area contributed by atoms with E-state index in [1.165, 1.54) is 25.5 Å². The molecule has 4 aliphatic rings. The Labute approximate surface area is 162 Å². The van der Waals surface area contributed by atoms with Gasteiger partial charge in [-0.3, -0.25) is 4.79 Å². The summed E-state index contributed by atoms with van der Waals surface area (Å²) in [6.07, 6.45) is 9.72. The van der Waals surface area contributed by atoms with Crippen molar-refractivity contribution in [1.82, 2.24) is 4.90 Å². The molecule has 0 aromatic heterocycles. The molecule has 0 radical (unpaired) electrons. The largest absolute Gasteiger partial charge is 0.363 e. The van der Waals surface area contributed by atoms with Gasteiger partial charge in [-0.1, -0.05) is 12.2 Å². The Morgan fingerprint density at radius 3 is 2.74 bits per heavy atom. The van der Waals surface area contributed by atoms with E-state index >= 15 is 0 Å². The Bertz CT molecular complexity index is 787. The highest BCUT2D eigenvalue weighted by molar-refractivity contribution is 5.82. The van der Waals surface area contributed by atoms with E-state index in [2.05, 4.69) is 22.0 Å². The molecule has 1 aromatic rings. The fourth-order valence-electron chi connectivity index (χ4n) is 6.18. The molecule has 1 spiro atoms. The van der Waals surface area contributed by atoms with E-state index in [4.69, 9.17) is 0 Å². The highest BCUT2D eigenvalue weighted by Gasteiger charge is 2.45. The first-order valence-corrected chi connectivity index (χ1v) is 10.5. The molecule has 27 heavy (non-hydrogen) atoms. The maximum atomic E-state index is 14.0. The number of allylic oxidation sites excluding steroid dienone is 2. The van der Waals surface area contributed by atoms with Crippen LogP contribution in [0, 0.1) is 23.6 Å². The smallest absolute Gasteiger partial charge is 0.149 e. The highest BCUT2D eigenvalue weighted by Crippen LogP contribution is 2.48. The van der Waals surface area contributed by atoms with Gasteiger partial charge in [-0.15, -0.1) is 0 Å². The summed E-state index contributed by atoms with van der Waals surface area (Å²) in [5, 5.41) is 0. The number of halogens is 1. The van der Waals surface area contributed by atoms with Crippen LogP contribution in [0.4, 0.5) is 10.1 Å². The zero-order valence-electron chi connectivity index (χ0n) is 16.2. The Morgan fingerprint density at radius 1 is 1.26 bits per heavy atom. The molecule has 1 unspecified atom stereocenters. The summed E-state index contributed by atoms with van der Waals surface area (Å²) in [4.78, 5) is 16.5. The Kier molecular flexibility index (Phi) is 4.15. The highest BCUT2D eigenvalue weighted by atomic mass is 19.1. The van der Waals surface area contributed by atoms with Crippen LogP contribution in [0.2, 0.25) is 0 Å². The quantitative estimate of drug-likeness (QED) is 0.748. The molecule has 3 nitrogen and oxygen atoms in total. The zero-order chi connectivity index (χ0) is 18.6. The van der Waals surface area contributed by atoms with Crippen LogP contribution in [0.25, 0.3) is 0 Å². The number of carbonyl (C=O) groups excluding carboxylic acids is 1. The molecule has 2 fully saturated rings. The Balaban J connectivity index is 0.00000192. The molecule has 1 saturated heterocycles. The van der Waals surface area contributed by atoms with E-state index in [0.717, 1.165) is 61.5 Å². The molecule has 2 bridgehead atoms. The summed E-state index contributed by atoms with van der Waals surface area (Å²) in [5.74, 6) is 2.48. The van der Waals surface area contributed by atoms with Gasteiger partial charge >= 0.3 is 0 Å². The molecule has 2 aliphatic carbocycles. The summed E-state index contributed by atoms with van der Waals surface area (Å²) < 4.78 is 14.0. The Hall–Kier alpha value is -1.68. The van der Waals surface area contributed by atoms with E-state index < -0.39 is 0 Å². The Morgan fingerprint density at radius 2 is 2.07 bits per heavy atom. The summed E-state index contributed by atoms with van der Waals surface area (Å²) in [5.41, 5.74) is 2.21. The van der Waals surface area contributed by atoms with E-state index in [-0.39, 0.29) is 18.4 Å². The third-order valence-electron chi connectivity index (χ3n) is 7.50. The molecule has 2 heterocycles. The van der Waals surface area contributed by atoms with Crippen molar-refractivity contribution in [1.29, 1.82) is 0 Å². The van der Waals surface area contributed by atoms with Crippen LogP contribution in [0.1, 0.15) is 39.6 Å². The van der Waals surface area contributed by atoms with Crippen molar-refractivity contribution in [3.05, 3.63) is 41.7 Å². The predicted octanol–water partition coefficient (Wildman–Crippen LogP) is 4.03. The minimum Gasteiger partial charge on any atom is -0.363 e. The van der Waals surface area contributed by atoms with Gasteiger partial charge in [-0.2, -0.15) is 0 Å². The molecule has 4 heteroatoms. The number of fused-ring (bicyclic) bond motifs is 4. The number of Topliss-reactive ketones (excluding diaryl/α,β-unsaturated/α-hetero) is 1. The van der Waals surface area contributed by atoms with Crippen molar-refractivity contribution in [2.45, 2.75) is 38.0 Å². The second kappa shape index (κ2) is 6.44. The van der Waals surface area contributed by atoms with Crippen LogP contribution in [0.15, 0.2) is 30.4 Å². The summed E-state index contributed by atoms with van der Waals surface area (Å²) in [6, 6.07) is 5.13. The first-order valence-electron chi connectivity index (χ1n) is 10.5. The molecule has 1 saturated carbocycles. The van der Waals surface area contributed by atoms with Gasteiger partial charge in [0, 0.05) is 25.6 Å². The monoisotopic (exact) mass is 370 g/mol. The van der Waals surface area contributed by atoms with E-state index in [1.54, 1.807) is 13.0 Å². The number of anilines is 1. The number of carbonyl (C=O) groups is 1. The topological polar surface area (TPSA) is 23.6 Å². The second-order valence-electron chi connectivity index (χ2n) is 9.34. The fraction of sp³-hybridized carbons (Fsp3) is 0.609. The number of hydrogen-bond donors (Lipinski definition) is 0. The molecule has 1 aromatic carbocycles. The van der Waals surface area contributed by atoms with Crippen molar-refractivity contribution in [2.24, 2.45) is 17.8 Å². The molecule has 5 rings (SSSR count). The molecular formula is C23H31FN2O. The van der Waals surface area contributed by atoms with E-state index in [9.17, 15) is 9.18 Å². The predicted molar refractivity (Wildman–Crippen MR) is 108 cm³/mol. The van der Waals surface area contributed by atoms with Crippen molar-refractivity contribution in [2.75, 3.05) is 37.6 Å². The maximum absolute atomic E-state index is 14.0. The van der Waals surface area contributed by atoms with Gasteiger partial charge in [0.2, 0.25) is 0 Å².